The van der Waals surface area contributed by atoms with E-state index in [9.17, 15) is 9.59 Å². The summed E-state index contributed by atoms with van der Waals surface area (Å²) in [7, 11) is 0. The first kappa shape index (κ1) is 16.2. The highest BCUT2D eigenvalue weighted by Crippen LogP contribution is 2.34. The SMILES string of the molecule is CC1(c2ccccc2)CCN(C(=O)Cn2cc(C(=O)O)nn2)CC1. The second-order valence-corrected chi connectivity index (χ2v) is 6.41. The molecule has 7 heteroatoms. The number of carboxylic acid groups (broad SMARTS) is 1. The van der Waals surface area contributed by atoms with Crippen molar-refractivity contribution in [2.45, 2.75) is 31.7 Å². The van der Waals surface area contributed by atoms with Gasteiger partial charge in [-0.15, -0.1) is 5.10 Å². The maximum absolute atomic E-state index is 12.4. The van der Waals surface area contributed by atoms with Crippen molar-refractivity contribution in [3.8, 4) is 0 Å². The zero-order valence-corrected chi connectivity index (χ0v) is 13.6. The monoisotopic (exact) mass is 328 g/mol. The fourth-order valence-electron chi connectivity index (χ4n) is 3.09. The Morgan fingerprint density at radius 3 is 2.46 bits per heavy atom. The van der Waals surface area contributed by atoms with Crippen LogP contribution in [0.2, 0.25) is 0 Å². The Morgan fingerprint density at radius 2 is 1.88 bits per heavy atom. The standard InChI is InChI=1S/C17H20N4O3/c1-17(13-5-3-2-4-6-13)7-9-20(10-8-17)15(22)12-21-11-14(16(23)24)18-19-21/h2-6,11H,7-10,12H2,1H3,(H,23,24). The van der Waals surface area contributed by atoms with Crippen molar-refractivity contribution in [3.05, 3.63) is 47.8 Å². The molecule has 0 aliphatic carbocycles. The van der Waals surface area contributed by atoms with Crippen LogP contribution in [0, 0.1) is 0 Å². The predicted molar refractivity (Wildman–Crippen MR) is 86.6 cm³/mol. The van der Waals surface area contributed by atoms with Gasteiger partial charge >= 0.3 is 5.97 Å². The Bertz CT molecular complexity index is 733. The van der Waals surface area contributed by atoms with E-state index in [1.165, 1.54) is 16.4 Å². The van der Waals surface area contributed by atoms with Gasteiger partial charge < -0.3 is 10.0 Å². The summed E-state index contributed by atoms with van der Waals surface area (Å²) in [5.74, 6) is -1.21. The van der Waals surface area contributed by atoms with Gasteiger partial charge in [-0.1, -0.05) is 42.5 Å². The number of amides is 1. The molecule has 1 aliphatic heterocycles. The fraction of sp³-hybridized carbons (Fsp3) is 0.412. The Morgan fingerprint density at radius 1 is 1.21 bits per heavy atom. The quantitative estimate of drug-likeness (QED) is 0.920. The van der Waals surface area contributed by atoms with Gasteiger partial charge in [0.2, 0.25) is 5.91 Å². The largest absolute Gasteiger partial charge is 0.476 e. The van der Waals surface area contributed by atoms with Crippen molar-refractivity contribution >= 4 is 11.9 Å². The van der Waals surface area contributed by atoms with Gasteiger partial charge in [0.15, 0.2) is 5.69 Å². The number of benzene rings is 1. The maximum atomic E-state index is 12.4. The molecule has 1 N–H and O–H groups in total. The van der Waals surface area contributed by atoms with Gasteiger partial charge in [-0.2, -0.15) is 0 Å². The summed E-state index contributed by atoms with van der Waals surface area (Å²) in [6, 6.07) is 10.4. The minimum Gasteiger partial charge on any atom is -0.476 e. The van der Waals surface area contributed by atoms with E-state index in [2.05, 4.69) is 29.4 Å². The van der Waals surface area contributed by atoms with Crippen LogP contribution in [-0.2, 0) is 16.8 Å². The molecule has 1 amide bonds. The lowest BCUT2D eigenvalue weighted by atomic mass is 9.74. The summed E-state index contributed by atoms with van der Waals surface area (Å²) in [4.78, 5) is 25.0. The van der Waals surface area contributed by atoms with E-state index in [-0.39, 0.29) is 23.6 Å². The van der Waals surface area contributed by atoms with Gasteiger partial charge in [0.1, 0.15) is 6.54 Å². The van der Waals surface area contributed by atoms with Crippen molar-refractivity contribution < 1.29 is 14.7 Å². The molecule has 0 unspecified atom stereocenters. The first-order valence-corrected chi connectivity index (χ1v) is 7.95. The minimum absolute atomic E-state index is 0.0162. The fourth-order valence-corrected chi connectivity index (χ4v) is 3.09. The molecule has 0 saturated carbocycles. The highest BCUT2D eigenvalue weighted by Gasteiger charge is 2.33. The van der Waals surface area contributed by atoms with Crippen LogP contribution in [0.1, 0.15) is 35.8 Å². The first-order chi connectivity index (χ1) is 11.5. The summed E-state index contributed by atoms with van der Waals surface area (Å²) < 4.78 is 1.27. The number of nitrogens with zero attached hydrogens (tertiary/aromatic N) is 4. The highest BCUT2D eigenvalue weighted by molar-refractivity contribution is 5.84. The number of aromatic nitrogens is 3. The van der Waals surface area contributed by atoms with Gasteiger partial charge in [-0.05, 0) is 23.8 Å². The Hall–Kier alpha value is -2.70. The van der Waals surface area contributed by atoms with E-state index >= 15 is 0 Å². The van der Waals surface area contributed by atoms with Crippen LogP contribution in [0.3, 0.4) is 0 Å². The summed E-state index contributed by atoms with van der Waals surface area (Å²) in [6.07, 6.45) is 3.08. The average Bonchev–Trinajstić information content (AvgIpc) is 3.05. The molecule has 1 aromatic carbocycles. The van der Waals surface area contributed by atoms with E-state index in [1.807, 2.05) is 23.1 Å². The zero-order chi connectivity index (χ0) is 17.2. The minimum atomic E-state index is -1.15. The Balaban J connectivity index is 1.59. The molecule has 7 nitrogen and oxygen atoms in total. The molecule has 1 aromatic heterocycles. The first-order valence-electron chi connectivity index (χ1n) is 7.95. The maximum Gasteiger partial charge on any atom is 0.358 e. The molecule has 1 aliphatic rings. The van der Waals surface area contributed by atoms with Crippen LogP contribution in [0.5, 0.6) is 0 Å². The van der Waals surface area contributed by atoms with Crippen LogP contribution < -0.4 is 0 Å². The zero-order valence-electron chi connectivity index (χ0n) is 13.6. The molecule has 0 atom stereocenters. The van der Waals surface area contributed by atoms with Crippen LogP contribution in [0.25, 0.3) is 0 Å². The third-order valence-electron chi connectivity index (χ3n) is 4.75. The van der Waals surface area contributed by atoms with E-state index < -0.39 is 5.97 Å². The van der Waals surface area contributed by atoms with Crippen molar-refractivity contribution in [2.75, 3.05) is 13.1 Å². The molecule has 2 heterocycles. The Kier molecular flexibility index (Phi) is 4.33. The Labute approximate surface area is 139 Å². The average molecular weight is 328 g/mol. The van der Waals surface area contributed by atoms with Gasteiger partial charge in [0.05, 0.1) is 6.20 Å². The highest BCUT2D eigenvalue weighted by atomic mass is 16.4. The number of piperidine rings is 1. The summed E-state index contributed by atoms with van der Waals surface area (Å²) in [5, 5.41) is 16.0. The summed E-state index contributed by atoms with van der Waals surface area (Å²) >= 11 is 0. The van der Waals surface area contributed by atoms with E-state index in [0.29, 0.717) is 13.1 Å². The number of aromatic carboxylic acids is 1. The predicted octanol–water partition coefficient (Wildman–Crippen LogP) is 1.56. The number of hydrogen-bond donors (Lipinski definition) is 1. The number of rotatable bonds is 4. The van der Waals surface area contributed by atoms with Crippen molar-refractivity contribution in [2.24, 2.45) is 0 Å². The van der Waals surface area contributed by atoms with Gasteiger partial charge in [-0.3, -0.25) is 4.79 Å². The topological polar surface area (TPSA) is 88.3 Å². The molecule has 126 valence electrons. The third-order valence-corrected chi connectivity index (χ3v) is 4.75. The normalized spacial score (nSPS) is 16.8. The number of hydrogen-bond acceptors (Lipinski definition) is 4. The van der Waals surface area contributed by atoms with Gasteiger partial charge in [-0.25, -0.2) is 9.48 Å². The van der Waals surface area contributed by atoms with Crippen LogP contribution in [0.15, 0.2) is 36.5 Å². The smallest absolute Gasteiger partial charge is 0.358 e. The summed E-state index contributed by atoms with van der Waals surface area (Å²) in [5.41, 5.74) is 1.24. The molecule has 3 rings (SSSR count). The molecular formula is C17H20N4O3. The third kappa shape index (κ3) is 3.29. The molecule has 0 radical (unpaired) electrons. The van der Waals surface area contributed by atoms with Gasteiger partial charge in [0, 0.05) is 13.1 Å². The molecule has 0 spiro atoms. The molecule has 24 heavy (non-hydrogen) atoms. The number of carboxylic acids is 1. The molecule has 1 fully saturated rings. The van der Waals surface area contributed by atoms with E-state index in [0.717, 1.165) is 12.8 Å². The lowest BCUT2D eigenvalue weighted by molar-refractivity contribution is -0.133. The van der Waals surface area contributed by atoms with Crippen LogP contribution >= 0.6 is 0 Å². The molecule has 0 bridgehead atoms. The van der Waals surface area contributed by atoms with Crippen LogP contribution in [0.4, 0.5) is 0 Å². The second-order valence-electron chi connectivity index (χ2n) is 6.41. The van der Waals surface area contributed by atoms with Crippen molar-refractivity contribution in [3.63, 3.8) is 0 Å². The number of carbonyl (C=O) groups excluding carboxylic acids is 1. The molecule has 1 saturated heterocycles. The van der Waals surface area contributed by atoms with Crippen LogP contribution in [-0.4, -0.2) is 50.0 Å². The second kappa shape index (κ2) is 6.43. The lowest BCUT2D eigenvalue weighted by Gasteiger charge is -2.39. The van der Waals surface area contributed by atoms with E-state index in [1.54, 1.807) is 0 Å². The molecule has 2 aromatic rings. The van der Waals surface area contributed by atoms with Crippen molar-refractivity contribution in [1.29, 1.82) is 0 Å². The number of carbonyl (C=O) groups is 2. The molecular weight excluding hydrogens is 308 g/mol. The van der Waals surface area contributed by atoms with E-state index in [4.69, 9.17) is 5.11 Å². The lowest BCUT2D eigenvalue weighted by Crippen LogP contribution is -2.45. The van der Waals surface area contributed by atoms with Gasteiger partial charge in [0.25, 0.3) is 0 Å². The van der Waals surface area contributed by atoms with Crippen molar-refractivity contribution in [1.82, 2.24) is 19.9 Å². The number of likely N-dealkylation sites (tertiary alicyclic amines) is 1. The summed E-state index contributed by atoms with van der Waals surface area (Å²) in [6.45, 7) is 3.62.